The fraction of sp³-hybridized carbons (Fsp3) is 0.333. The molecule has 2 aromatic rings. The minimum Gasteiger partial charge on any atom is -0.493 e. The van der Waals surface area contributed by atoms with Crippen LogP contribution in [-0.2, 0) is 4.74 Å². The van der Waals surface area contributed by atoms with Gasteiger partial charge in [0.2, 0.25) is 0 Å². The highest BCUT2D eigenvalue weighted by atomic mass is 35.5. The molecule has 6 heteroatoms. The van der Waals surface area contributed by atoms with Crippen LogP contribution < -0.4 is 14.8 Å². The van der Waals surface area contributed by atoms with Crippen molar-refractivity contribution in [3.05, 3.63) is 58.1 Å². The zero-order chi connectivity index (χ0) is 16.9. The quantitative estimate of drug-likeness (QED) is 0.862. The van der Waals surface area contributed by atoms with E-state index in [0.717, 1.165) is 12.1 Å². The highest BCUT2D eigenvalue weighted by Gasteiger charge is 2.29. The smallest absolute Gasteiger partial charge is 0.163 e. The first-order chi connectivity index (χ1) is 11.7. The van der Waals surface area contributed by atoms with Crippen molar-refractivity contribution in [3.63, 3.8) is 0 Å². The normalized spacial score (nSPS) is 18.9. The van der Waals surface area contributed by atoms with Crippen molar-refractivity contribution in [1.82, 2.24) is 5.32 Å². The van der Waals surface area contributed by atoms with Gasteiger partial charge in [-0.25, -0.2) is 0 Å². The van der Waals surface area contributed by atoms with Gasteiger partial charge in [0.05, 0.1) is 23.8 Å². The summed E-state index contributed by atoms with van der Waals surface area (Å²) in [6.45, 7) is 2.20. The number of benzene rings is 2. The van der Waals surface area contributed by atoms with Crippen molar-refractivity contribution in [1.29, 1.82) is 0 Å². The fourth-order valence-corrected chi connectivity index (χ4v) is 2.99. The van der Waals surface area contributed by atoms with Gasteiger partial charge in [-0.05, 0) is 5.56 Å². The van der Waals surface area contributed by atoms with Gasteiger partial charge in [0.1, 0.15) is 6.10 Å². The Hall–Kier alpha value is -1.46. The van der Waals surface area contributed by atoms with Crippen molar-refractivity contribution in [3.8, 4) is 11.5 Å². The van der Waals surface area contributed by atoms with Crippen LogP contribution >= 0.6 is 23.2 Å². The van der Waals surface area contributed by atoms with Crippen molar-refractivity contribution in [2.75, 3.05) is 26.8 Å². The molecule has 0 saturated carbocycles. The molecule has 128 valence electrons. The molecule has 1 N–H and O–H groups in total. The lowest BCUT2D eigenvalue weighted by atomic mass is 10.0. The van der Waals surface area contributed by atoms with Gasteiger partial charge in [0.25, 0.3) is 0 Å². The summed E-state index contributed by atoms with van der Waals surface area (Å²) in [6, 6.07) is 13.3. The highest BCUT2D eigenvalue weighted by molar-refractivity contribution is 6.42. The van der Waals surface area contributed by atoms with E-state index < -0.39 is 0 Å². The second kappa shape index (κ2) is 8.08. The zero-order valence-electron chi connectivity index (χ0n) is 13.3. The molecule has 24 heavy (non-hydrogen) atoms. The molecule has 1 aliphatic rings. The van der Waals surface area contributed by atoms with E-state index >= 15 is 0 Å². The lowest BCUT2D eigenvalue weighted by molar-refractivity contribution is -0.0438. The van der Waals surface area contributed by atoms with Crippen LogP contribution in [0.25, 0.3) is 0 Å². The van der Waals surface area contributed by atoms with Crippen LogP contribution in [0.3, 0.4) is 0 Å². The summed E-state index contributed by atoms with van der Waals surface area (Å²) < 4.78 is 17.6. The Morgan fingerprint density at radius 1 is 1.12 bits per heavy atom. The first-order valence-corrected chi connectivity index (χ1v) is 8.51. The predicted octanol–water partition coefficient (Wildman–Crippen LogP) is 4.11. The van der Waals surface area contributed by atoms with E-state index in [1.165, 1.54) is 0 Å². The molecule has 2 unspecified atom stereocenters. The summed E-state index contributed by atoms with van der Waals surface area (Å²) >= 11 is 12.2. The zero-order valence-corrected chi connectivity index (χ0v) is 14.8. The summed E-state index contributed by atoms with van der Waals surface area (Å²) in [5.74, 6) is 1.07. The summed E-state index contributed by atoms with van der Waals surface area (Å²) in [5.41, 5.74) is 1.03. The lowest BCUT2D eigenvalue weighted by Crippen LogP contribution is -2.43. The number of halogens is 2. The average molecular weight is 368 g/mol. The Morgan fingerprint density at radius 2 is 1.83 bits per heavy atom. The number of methoxy groups -OCH3 is 1. The van der Waals surface area contributed by atoms with Gasteiger partial charge in [-0.1, -0.05) is 53.5 Å². The van der Waals surface area contributed by atoms with Crippen LogP contribution in [0, 0.1) is 0 Å². The number of ether oxygens (including phenoxy) is 3. The maximum atomic E-state index is 6.26. The number of rotatable bonds is 5. The van der Waals surface area contributed by atoms with Crippen LogP contribution in [-0.4, -0.2) is 32.9 Å². The van der Waals surface area contributed by atoms with Gasteiger partial charge in [-0.2, -0.15) is 0 Å². The van der Waals surface area contributed by atoms with Crippen molar-refractivity contribution in [2.45, 2.75) is 12.2 Å². The fourth-order valence-electron chi connectivity index (χ4n) is 2.68. The molecule has 4 nitrogen and oxygen atoms in total. The van der Waals surface area contributed by atoms with Gasteiger partial charge in [-0.3, -0.25) is 0 Å². The molecule has 0 bridgehead atoms. The Bertz CT molecular complexity index is 675. The summed E-state index contributed by atoms with van der Waals surface area (Å²) in [5, 5.41) is 4.18. The number of morpholine rings is 1. The molecule has 1 fully saturated rings. The molecule has 0 radical (unpaired) electrons. The molecule has 2 atom stereocenters. The Kier molecular flexibility index (Phi) is 5.85. The van der Waals surface area contributed by atoms with E-state index in [0.29, 0.717) is 34.7 Å². The molecule has 1 saturated heterocycles. The number of hydrogen-bond donors (Lipinski definition) is 1. The molecule has 0 aromatic heterocycles. The Labute approximate surface area is 151 Å². The maximum absolute atomic E-state index is 6.26. The van der Waals surface area contributed by atoms with Gasteiger partial charge >= 0.3 is 0 Å². The average Bonchev–Trinajstić information content (AvgIpc) is 2.63. The Balaban J connectivity index is 1.93. The molecular weight excluding hydrogens is 349 g/mol. The minimum atomic E-state index is -0.287. The monoisotopic (exact) mass is 367 g/mol. The first-order valence-electron chi connectivity index (χ1n) is 7.76. The first kappa shape index (κ1) is 17.4. The van der Waals surface area contributed by atoms with Crippen molar-refractivity contribution < 1.29 is 14.2 Å². The molecule has 1 heterocycles. The molecule has 3 rings (SSSR count). The third-order valence-electron chi connectivity index (χ3n) is 3.88. The lowest BCUT2D eigenvalue weighted by Gasteiger charge is -2.32. The summed E-state index contributed by atoms with van der Waals surface area (Å²) in [6.07, 6.45) is -0.398. The third kappa shape index (κ3) is 3.95. The second-order valence-corrected chi connectivity index (χ2v) is 6.29. The standard InChI is InChI=1S/C18H19Cl2NO3/c1-22-15-9-13(19)14(20)10-16(15)24-18(12-5-3-2-4-6-12)17-11-21-7-8-23-17/h2-6,9-10,17-18,21H,7-8,11H2,1H3. The molecule has 2 aromatic carbocycles. The Morgan fingerprint density at radius 3 is 2.46 bits per heavy atom. The number of hydrogen-bond acceptors (Lipinski definition) is 4. The van der Waals surface area contributed by atoms with Crippen molar-refractivity contribution >= 4 is 23.2 Å². The third-order valence-corrected chi connectivity index (χ3v) is 4.60. The molecule has 0 spiro atoms. The van der Waals surface area contributed by atoms with E-state index in [4.69, 9.17) is 37.4 Å². The molecule has 1 aliphatic heterocycles. The van der Waals surface area contributed by atoms with Crippen LogP contribution in [0.5, 0.6) is 11.5 Å². The summed E-state index contributed by atoms with van der Waals surface area (Å²) in [7, 11) is 1.57. The topological polar surface area (TPSA) is 39.7 Å². The minimum absolute atomic E-state index is 0.111. The van der Waals surface area contributed by atoms with E-state index in [2.05, 4.69) is 5.32 Å². The van der Waals surface area contributed by atoms with Crippen LogP contribution in [0.2, 0.25) is 10.0 Å². The van der Waals surface area contributed by atoms with E-state index in [1.54, 1.807) is 19.2 Å². The maximum Gasteiger partial charge on any atom is 0.163 e. The molecule has 0 amide bonds. The number of nitrogens with one attached hydrogen (secondary N) is 1. The summed E-state index contributed by atoms with van der Waals surface area (Å²) in [4.78, 5) is 0. The van der Waals surface area contributed by atoms with Gasteiger partial charge < -0.3 is 19.5 Å². The molecule has 0 aliphatic carbocycles. The largest absolute Gasteiger partial charge is 0.493 e. The van der Waals surface area contributed by atoms with Gasteiger partial charge in [-0.15, -0.1) is 0 Å². The second-order valence-electron chi connectivity index (χ2n) is 5.48. The highest BCUT2D eigenvalue weighted by Crippen LogP contribution is 2.39. The van der Waals surface area contributed by atoms with E-state index in [9.17, 15) is 0 Å². The van der Waals surface area contributed by atoms with Crippen LogP contribution in [0.1, 0.15) is 11.7 Å². The van der Waals surface area contributed by atoms with Crippen LogP contribution in [0.4, 0.5) is 0 Å². The van der Waals surface area contributed by atoms with Crippen LogP contribution in [0.15, 0.2) is 42.5 Å². The van der Waals surface area contributed by atoms with E-state index in [1.807, 2.05) is 30.3 Å². The van der Waals surface area contributed by atoms with Gasteiger partial charge in [0.15, 0.2) is 17.6 Å². The SMILES string of the molecule is COc1cc(Cl)c(Cl)cc1OC(c1ccccc1)C1CNCCO1. The van der Waals surface area contributed by atoms with E-state index in [-0.39, 0.29) is 12.2 Å². The van der Waals surface area contributed by atoms with Crippen molar-refractivity contribution in [2.24, 2.45) is 0 Å². The molecular formula is C18H19Cl2NO3. The van der Waals surface area contributed by atoms with Gasteiger partial charge in [0, 0.05) is 25.2 Å². The predicted molar refractivity (Wildman–Crippen MR) is 95.4 cm³/mol.